The zero-order valence-electron chi connectivity index (χ0n) is 21.4. The van der Waals surface area contributed by atoms with Gasteiger partial charge in [0.2, 0.25) is 0 Å². The fourth-order valence-electron chi connectivity index (χ4n) is 3.52. The number of pyridine rings is 1. The van der Waals surface area contributed by atoms with Crippen LogP contribution in [0.15, 0.2) is 48.8 Å². The van der Waals surface area contributed by atoms with Gasteiger partial charge in [-0.3, -0.25) is 4.90 Å². The number of alkyl halides is 6. The molecule has 0 amide bonds. The second-order valence-corrected chi connectivity index (χ2v) is 8.47. The zero-order valence-corrected chi connectivity index (χ0v) is 21.4. The summed E-state index contributed by atoms with van der Waals surface area (Å²) < 4.78 is 70.7. The standard InChI is InChI=1S/C20H24N6O.2C2HF3O2/c1-27-18-6-4-15(5-7-18)19-14-26(24-23-19)17-8-11-25(12-9-17)13-16-3-2-10-22-20(16)21;2*3-2(4,5)1(6)7/h2-7,10,14,17H,8-9,11-13H2,1H3,(H2,21,22);2*(H,6,7). The Bertz CT molecular complexity index is 1250. The van der Waals surface area contributed by atoms with E-state index in [1.165, 1.54) is 0 Å². The third kappa shape index (κ3) is 10.6. The van der Waals surface area contributed by atoms with Crippen LogP contribution in [0.4, 0.5) is 32.2 Å². The Kier molecular flexibility index (Phi) is 11.4. The number of nitrogens with two attached hydrogens (primary N) is 1. The first-order valence-corrected chi connectivity index (χ1v) is 11.7. The Morgan fingerprint density at radius 1 is 1.00 bits per heavy atom. The monoisotopic (exact) mass is 592 g/mol. The first-order valence-electron chi connectivity index (χ1n) is 11.7. The van der Waals surface area contributed by atoms with E-state index >= 15 is 0 Å². The van der Waals surface area contributed by atoms with Crippen LogP contribution in [0.1, 0.15) is 24.4 Å². The summed E-state index contributed by atoms with van der Waals surface area (Å²) in [6.45, 7) is 2.87. The van der Waals surface area contributed by atoms with Crippen LogP contribution in [-0.4, -0.2) is 79.6 Å². The number of ether oxygens (including phenoxy) is 1. The van der Waals surface area contributed by atoms with E-state index < -0.39 is 24.3 Å². The van der Waals surface area contributed by atoms with E-state index in [1.54, 1.807) is 13.3 Å². The Morgan fingerprint density at radius 3 is 2.00 bits per heavy atom. The van der Waals surface area contributed by atoms with E-state index in [-0.39, 0.29) is 0 Å². The molecule has 2 aromatic heterocycles. The second kappa shape index (κ2) is 14.3. The molecule has 1 aliphatic heterocycles. The molecular formula is C24H26F6N6O5. The zero-order chi connectivity index (χ0) is 30.8. The van der Waals surface area contributed by atoms with E-state index in [4.69, 9.17) is 30.3 Å². The summed E-state index contributed by atoms with van der Waals surface area (Å²) in [5, 5.41) is 23.0. The third-order valence-corrected chi connectivity index (χ3v) is 5.63. The minimum absolute atomic E-state index is 0.381. The lowest BCUT2D eigenvalue weighted by Gasteiger charge is -2.31. The number of carboxylic acid groups (broad SMARTS) is 2. The average molecular weight is 592 g/mol. The van der Waals surface area contributed by atoms with Gasteiger partial charge in [-0.25, -0.2) is 19.3 Å². The van der Waals surface area contributed by atoms with Gasteiger partial charge in [-0.05, 0) is 43.2 Å². The number of hydrogen-bond acceptors (Lipinski definition) is 8. The Labute approximate surface area is 229 Å². The molecule has 3 aromatic rings. The van der Waals surface area contributed by atoms with Gasteiger partial charge in [0.1, 0.15) is 17.3 Å². The highest BCUT2D eigenvalue weighted by Gasteiger charge is 2.38. The minimum atomic E-state index is -5.08. The summed E-state index contributed by atoms with van der Waals surface area (Å²) in [4.78, 5) is 24.4. The maximum atomic E-state index is 10.6. The molecular weight excluding hydrogens is 566 g/mol. The van der Waals surface area contributed by atoms with Gasteiger partial charge in [0.15, 0.2) is 0 Å². The molecule has 1 fully saturated rings. The molecule has 224 valence electrons. The predicted molar refractivity (Wildman–Crippen MR) is 132 cm³/mol. The number of piperidine rings is 1. The van der Waals surface area contributed by atoms with Crippen LogP contribution in [0.2, 0.25) is 0 Å². The summed E-state index contributed by atoms with van der Waals surface area (Å²) in [7, 11) is 1.67. The highest BCUT2D eigenvalue weighted by atomic mass is 19.4. The number of carbonyl (C=O) groups is 2. The SMILES string of the molecule is COc1ccc(-c2cn(C3CCN(Cc4cccnc4N)CC3)nn2)cc1.O=C(O)C(F)(F)F.O=C(O)C(F)(F)F. The van der Waals surface area contributed by atoms with Gasteiger partial charge in [-0.2, -0.15) is 26.3 Å². The summed E-state index contributed by atoms with van der Waals surface area (Å²) in [6, 6.07) is 12.3. The number of anilines is 1. The average Bonchev–Trinajstić information content (AvgIpc) is 3.40. The van der Waals surface area contributed by atoms with Gasteiger partial charge in [0.25, 0.3) is 0 Å². The number of nitrogen functional groups attached to an aromatic ring is 1. The van der Waals surface area contributed by atoms with Crippen LogP contribution in [0.25, 0.3) is 11.3 Å². The molecule has 1 aromatic carbocycles. The molecule has 4 rings (SSSR count). The predicted octanol–water partition coefficient (Wildman–Crippen LogP) is 4.03. The molecule has 41 heavy (non-hydrogen) atoms. The maximum Gasteiger partial charge on any atom is 0.490 e. The molecule has 11 nitrogen and oxygen atoms in total. The van der Waals surface area contributed by atoms with Crippen molar-refractivity contribution in [2.75, 3.05) is 25.9 Å². The van der Waals surface area contributed by atoms with Crippen molar-refractivity contribution in [2.45, 2.75) is 37.8 Å². The molecule has 0 spiro atoms. The van der Waals surface area contributed by atoms with Gasteiger partial charge in [-0.1, -0.05) is 11.3 Å². The van der Waals surface area contributed by atoms with Crippen molar-refractivity contribution in [3.63, 3.8) is 0 Å². The molecule has 0 bridgehead atoms. The van der Waals surface area contributed by atoms with Crippen molar-refractivity contribution in [1.29, 1.82) is 0 Å². The van der Waals surface area contributed by atoms with E-state index in [0.29, 0.717) is 11.9 Å². The number of carboxylic acids is 2. The van der Waals surface area contributed by atoms with Gasteiger partial charge < -0.3 is 20.7 Å². The van der Waals surface area contributed by atoms with Crippen molar-refractivity contribution < 1.29 is 50.9 Å². The Hall–Kier alpha value is -4.41. The number of methoxy groups -OCH3 is 1. The quantitative estimate of drug-likeness (QED) is 0.370. The van der Waals surface area contributed by atoms with Gasteiger partial charge in [0, 0.05) is 37.0 Å². The fourth-order valence-corrected chi connectivity index (χ4v) is 3.52. The largest absolute Gasteiger partial charge is 0.497 e. The van der Waals surface area contributed by atoms with Crippen LogP contribution in [0, 0.1) is 0 Å². The molecule has 0 atom stereocenters. The first kappa shape index (κ1) is 32.8. The third-order valence-electron chi connectivity index (χ3n) is 5.63. The minimum Gasteiger partial charge on any atom is -0.497 e. The summed E-state index contributed by atoms with van der Waals surface area (Å²) >= 11 is 0. The number of halogens is 6. The number of aliphatic carboxylic acids is 2. The summed E-state index contributed by atoms with van der Waals surface area (Å²) in [5.74, 6) is -4.05. The van der Waals surface area contributed by atoms with Crippen molar-refractivity contribution >= 4 is 17.8 Å². The molecule has 0 saturated carbocycles. The highest BCUT2D eigenvalue weighted by molar-refractivity contribution is 5.73. The number of nitrogens with zero attached hydrogens (tertiary/aromatic N) is 5. The number of likely N-dealkylation sites (tertiary alicyclic amines) is 1. The number of hydrogen-bond donors (Lipinski definition) is 3. The molecule has 1 saturated heterocycles. The van der Waals surface area contributed by atoms with Crippen molar-refractivity contribution in [3.05, 3.63) is 54.4 Å². The Balaban J connectivity index is 0.000000349. The fraction of sp³-hybridized carbons (Fsp3) is 0.375. The van der Waals surface area contributed by atoms with Crippen LogP contribution in [0.5, 0.6) is 5.75 Å². The van der Waals surface area contributed by atoms with E-state index in [2.05, 4.69) is 20.2 Å². The molecule has 0 unspecified atom stereocenters. The highest BCUT2D eigenvalue weighted by Crippen LogP contribution is 2.26. The lowest BCUT2D eigenvalue weighted by molar-refractivity contribution is -0.193. The smallest absolute Gasteiger partial charge is 0.490 e. The molecule has 17 heteroatoms. The lowest BCUT2D eigenvalue weighted by atomic mass is 10.0. The molecule has 0 radical (unpaired) electrons. The van der Waals surface area contributed by atoms with Gasteiger partial charge >= 0.3 is 24.3 Å². The number of benzene rings is 1. The maximum absolute atomic E-state index is 10.6. The first-order chi connectivity index (χ1) is 19.1. The second-order valence-electron chi connectivity index (χ2n) is 8.47. The van der Waals surface area contributed by atoms with Crippen LogP contribution in [0.3, 0.4) is 0 Å². The molecule has 3 heterocycles. The van der Waals surface area contributed by atoms with Crippen molar-refractivity contribution in [2.24, 2.45) is 0 Å². The number of aromatic nitrogens is 4. The molecule has 4 N–H and O–H groups in total. The van der Waals surface area contributed by atoms with Crippen LogP contribution in [-0.2, 0) is 16.1 Å². The van der Waals surface area contributed by atoms with Gasteiger partial charge in [0.05, 0.1) is 19.3 Å². The van der Waals surface area contributed by atoms with Crippen molar-refractivity contribution in [1.82, 2.24) is 24.9 Å². The van der Waals surface area contributed by atoms with Crippen molar-refractivity contribution in [3.8, 4) is 17.0 Å². The molecule has 0 aliphatic carbocycles. The molecule has 1 aliphatic rings. The summed E-state index contributed by atoms with van der Waals surface area (Å²) in [6.07, 6.45) is -4.30. The Morgan fingerprint density at radius 2 is 1.54 bits per heavy atom. The van der Waals surface area contributed by atoms with E-state index in [1.807, 2.05) is 47.3 Å². The van der Waals surface area contributed by atoms with Gasteiger partial charge in [-0.15, -0.1) is 5.10 Å². The number of rotatable bonds is 5. The summed E-state index contributed by atoms with van der Waals surface area (Å²) in [5.41, 5.74) is 9.00. The van der Waals surface area contributed by atoms with Crippen LogP contribution >= 0.6 is 0 Å². The van der Waals surface area contributed by atoms with E-state index in [0.717, 1.165) is 55.0 Å². The normalized spacial score (nSPS) is 14.2. The lowest BCUT2D eigenvalue weighted by Crippen LogP contribution is -2.34. The topological polar surface area (TPSA) is 157 Å². The van der Waals surface area contributed by atoms with E-state index in [9.17, 15) is 26.3 Å². The van der Waals surface area contributed by atoms with Crippen LogP contribution < -0.4 is 10.5 Å².